The summed E-state index contributed by atoms with van der Waals surface area (Å²) in [6, 6.07) is 19.9. The Morgan fingerprint density at radius 1 is 0.964 bits per heavy atom. The van der Waals surface area contributed by atoms with E-state index in [0.717, 1.165) is 28.3 Å². The van der Waals surface area contributed by atoms with Crippen LogP contribution >= 0.6 is 11.3 Å². The molecule has 0 saturated carbocycles. The Bertz CT molecular complexity index is 1270. The van der Waals surface area contributed by atoms with Crippen LogP contribution in [0.2, 0.25) is 0 Å². The molecule has 7 heteroatoms. The van der Waals surface area contributed by atoms with Crippen molar-refractivity contribution >= 4 is 43.0 Å². The average molecular weight is 409 g/mol. The normalized spacial score (nSPS) is 11.5. The van der Waals surface area contributed by atoms with Gasteiger partial charge in [0.15, 0.2) is 15.0 Å². The Kier molecular flexibility index (Phi) is 4.70. The highest BCUT2D eigenvalue weighted by Crippen LogP contribution is 2.31. The molecule has 3 aromatic carbocycles. The number of nitrogens with zero attached hydrogens (tertiary/aromatic N) is 1. The van der Waals surface area contributed by atoms with E-state index in [0.29, 0.717) is 10.7 Å². The van der Waals surface area contributed by atoms with Gasteiger partial charge in [-0.3, -0.25) is 10.1 Å². The molecular formula is C21H16N2O3S2. The molecule has 28 heavy (non-hydrogen) atoms. The summed E-state index contributed by atoms with van der Waals surface area (Å²) in [6.45, 7) is 0. The van der Waals surface area contributed by atoms with Gasteiger partial charge in [0.25, 0.3) is 5.91 Å². The summed E-state index contributed by atoms with van der Waals surface area (Å²) in [7, 11) is -3.29. The molecule has 0 aliphatic carbocycles. The molecule has 0 fully saturated rings. The number of rotatable bonds is 4. The number of anilines is 1. The van der Waals surface area contributed by atoms with Gasteiger partial charge in [-0.1, -0.05) is 42.5 Å². The van der Waals surface area contributed by atoms with E-state index >= 15 is 0 Å². The van der Waals surface area contributed by atoms with Crippen LogP contribution in [0.1, 0.15) is 10.4 Å². The van der Waals surface area contributed by atoms with Crippen LogP contribution in [0, 0.1) is 0 Å². The van der Waals surface area contributed by atoms with E-state index in [1.807, 2.05) is 47.8 Å². The van der Waals surface area contributed by atoms with Gasteiger partial charge in [0, 0.05) is 22.8 Å². The van der Waals surface area contributed by atoms with Crippen molar-refractivity contribution in [1.29, 1.82) is 0 Å². The van der Waals surface area contributed by atoms with Crippen molar-refractivity contribution in [1.82, 2.24) is 4.98 Å². The molecule has 0 atom stereocenters. The highest BCUT2D eigenvalue weighted by Gasteiger charge is 2.13. The van der Waals surface area contributed by atoms with Crippen LogP contribution in [0.15, 0.2) is 77.0 Å². The molecule has 140 valence electrons. The first-order chi connectivity index (χ1) is 13.4. The lowest BCUT2D eigenvalue weighted by atomic mass is 10.0. The van der Waals surface area contributed by atoms with Gasteiger partial charge in [-0.05, 0) is 35.0 Å². The van der Waals surface area contributed by atoms with Crippen molar-refractivity contribution in [3.05, 3.63) is 77.7 Å². The minimum atomic E-state index is -3.29. The third-order valence-electron chi connectivity index (χ3n) is 4.33. The largest absolute Gasteiger partial charge is 0.298 e. The second-order valence-corrected chi connectivity index (χ2v) is 9.19. The molecule has 0 aliphatic rings. The number of hydrogen-bond acceptors (Lipinski definition) is 5. The summed E-state index contributed by atoms with van der Waals surface area (Å²) in [5.41, 5.74) is 2.17. The minimum Gasteiger partial charge on any atom is -0.298 e. The van der Waals surface area contributed by atoms with Crippen molar-refractivity contribution in [3.8, 4) is 11.3 Å². The summed E-state index contributed by atoms with van der Waals surface area (Å²) in [5, 5.41) is 7.40. The molecule has 1 aromatic heterocycles. The molecule has 0 radical (unpaired) electrons. The summed E-state index contributed by atoms with van der Waals surface area (Å²) < 4.78 is 23.1. The fraction of sp³-hybridized carbons (Fsp3) is 0.0476. The first-order valence-corrected chi connectivity index (χ1v) is 11.2. The van der Waals surface area contributed by atoms with Gasteiger partial charge in [-0.2, -0.15) is 0 Å². The summed E-state index contributed by atoms with van der Waals surface area (Å²) in [6.07, 6.45) is 1.13. The number of hydrogen-bond donors (Lipinski definition) is 1. The zero-order valence-electron chi connectivity index (χ0n) is 14.9. The van der Waals surface area contributed by atoms with Crippen LogP contribution < -0.4 is 5.32 Å². The predicted octanol–water partition coefficient (Wildman–Crippen LogP) is 4.62. The third kappa shape index (κ3) is 3.67. The number of carbonyl (C=O) groups is 1. The number of carbonyl (C=O) groups excluding carboxylic acids is 1. The van der Waals surface area contributed by atoms with Crippen LogP contribution in [0.25, 0.3) is 22.0 Å². The van der Waals surface area contributed by atoms with E-state index in [1.165, 1.54) is 35.6 Å². The van der Waals surface area contributed by atoms with E-state index in [-0.39, 0.29) is 10.8 Å². The van der Waals surface area contributed by atoms with Crippen LogP contribution in [-0.2, 0) is 9.84 Å². The Morgan fingerprint density at radius 2 is 1.68 bits per heavy atom. The maximum Gasteiger partial charge on any atom is 0.257 e. The lowest BCUT2D eigenvalue weighted by molar-refractivity contribution is 0.102. The highest BCUT2D eigenvalue weighted by molar-refractivity contribution is 7.90. The monoisotopic (exact) mass is 408 g/mol. The van der Waals surface area contributed by atoms with Crippen LogP contribution in [0.3, 0.4) is 0 Å². The van der Waals surface area contributed by atoms with E-state index in [9.17, 15) is 13.2 Å². The maximum absolute atomic E-state index is 12.4. The molecular weight excluding hydrogens is 392 g/mol. The molecule has 0 aliphatic heterocycles. The quantitative estimate of drug-likeness (QED) is 0.535. The van der Waals surface area contributed by atoms with E-state index < -0.39 is 9.84 Å². The maximum atomic E-state index is 12.4. The Labute approximate surface area is 166 Å². The number of nitrogens with one attached hydrogen (secondary N) is 1. The number of thiazole rings is 1. The molecule has 5 nitrogen and oxygen atoms in total. The molecule has 0 saturated heterocycles. The second kappa shape index (κ2) is 7.18. The van der Waals surface area contributed by atoms with Crippen LogP contribution in [0.5, 0.6) is 0 Å². The predicted molar refractivity (Wildman–Crippen MR) is 113 cm³/mol. The van der Waals surface area contributed by atoms with Gasteiger partial charge in [-0.25, -0.2) is 13.4 Å². The number of aromatic nitrogens is 1. The molecule has 0 unspecified atom stereocenters. The Balaban J connectivity index is 1.57. The minimum absolute atomic E-state index is 0.177. The van der Waals surface area contributed by atoms with Crippen molar-refractivity contribution in [2.45, 2.75) is 4.90 Å². The standard InChI is InChI=1S/C21H16N2O3S2/c1-28(25,26)16-11-9-15(10-12-16)20(24)23-21-22-19(13-27-21)18-8-4-6-14-5-2-3-7-17(14)18/h2-13H,1H3,(H,22,23,24). The molecule has 1 heterocycles. The van der Waals surface area contributed by atoms with Gasteiger partial charge in [-0.15, -0.1) is 11.3 Å². The zero-order valence-corrected chi connectivity index (χ0v) is 16.5. The first-order valence-electron chi connectivity index (χ1n) is 8.47. The van der Waals surface area contributed by atoms with Gasteiger partial charge in [0.05, 0.1) is 10.6 Å². The first kappa shape index (κ1) is 18.3. The van der Waals surface area contributed by atoms with E-state index in [2.05, 4.69) is 10.3 Å². The van der Waals surface area contributed by atoms with Crippen molar-refractivity contribution in [2.75, 3.05) is 11.6 Å². The Hall–Kier alpha value is -3.03. The SMILES string of the molecule is CS(=O)(=O)c1ccc(C(=O)Nc2nc(-c3cccc4ccccc34)cs2)cc1. The highest BCUT2D eigenvalue weighted by atomic mass is 32.2. The van der Waals surface area contributed by atoms with Crippen molar-refractivity contribution in [3.63, 3.8) is 0 Å². The van der Waals surface area contributed by atoms with Gasteiger partial charge in [0.2, 0.25) is 0 Å². The summed E-state index contributed by atoms with van der Waals surface area (Å²) >= 11 is 1.34. The van der Waals surface area contributed by atoms with Gasteiger partial charge < -0.3 is 0 Å². The number of fused-ring (bicyclic) bond motifs is 1. The molecule has 0 spiro atoms. The van der Waals surface area contributed by atoms with Gasteiger partial charge >= 0.3 is 0 Å². The number of amides is 1. The summed E-state index contributed by atoms with van der Waals surface area (Å²) in [4.78, 5) is 17.2. The lowest BCUT2D eigenvalue weighted by Gasteiger charge is -2.04. The molecule has 4 rings (SSSR count). The van der Waals surface area contributed by atoms with Gasteiger partial charge in [0.1, 0.15) is 0 Å². The summed E-state index contributed by atoms with van der Waals surface area (Å²) in [5.74, 6) is -0.334. The fourth-order valence-electron chi connectivity index (χ4n) is 2.93. The second-order valence-electron chi connectivity index (χ2n) is 6.32. The molecule has 4 aromatic rings. The van der Waals surface area contributed by atoms with Crippen LogP contribution in [-0.4, -0.2) is 25.6 Å². The van der Waals surface area contributed by atoms with E-state index in [4.69, 9.17) is 0 Å². The molecule has 1 N–H and O–H groups in total. The zero-order chi connectivity index (χ0) is 19.7. The smallest absolute Gasteiger partial charge is 0.257 e. The average Bonchev–Trinajstić information content (AvgIpc) is 3.15. The Morgan fingerprint density at radius 3 is 2.43 bits per heavy atom. The third-order valence-corrected chi connectivity index (χ3v) is 6.22. The van der Waals surface area contributed by atoms with Crippen molar-refractivity contribution < 1.29 is 13.2 Å². The number of benzene rings is 3. The number of sulfone groups is 1. The van der Waals surface area contributed by atoms with Crippen LogP contribution in [0.4, 0.5) is 5.13 Å². The fourth-order valence-corrected chi connectivity index (χ4v) is 4.26. The lowest BCUT2D eigenvalue weighted by Crippen LogP contribution is -2.12. The molecule has 1 amide bonds. The topological polar surface area (TPSA) is 76.1 Å². The van der Waals surface area contributed by atoms with E-state index in [1.54, 1.807) is 0 Å². The molecule has 0 bridgehead atoms. The van der Waals surface area contributed by atoms with Crippen molar-refractivity contribution in [2.24, 2.45) is 0 Å².